The fourth-order valence-corrected chi connectivity index (χ4v) is 4.65. The van der Waals surface area contributed by atoms with Gasteiger partial charge < -0.3 is 9.84 Å². The summed E-state index contributed by atoms with van der Waals surface area (Å²) < 4.78 is 52.5. The van der Waals surface area contributed by atoms with Gasteiger partial charge in [0.05, 0.1) is 6.54 Å². The van der Waals surface area contributed by atoms with Crippen LogP contribution in [0.4, 0.5) is 13.2 Å². The van der Waals surface area contributed by atoms with Gasteiger partial charge in [-0.05, 0) is 76.7 Å². The van der Waals surface area contributed by atoms with E-state index in [2.05, 4.69) is 32.4 Å². The van der Waals surface area contributed by atoms with E-state index in [0.29, 0.717) is 28.5 Å². The fourth-order valence-electron chi connectivity index (χ4n) is 4.53. The molecule has 41 heavy (non-hydrogen) atoms. The molecule has 3 aromatic carbocycles. The van der Waals surface area contributed by atoms with Gasteiger partial charge in [-0.3, -0.25) is 4.98 Å². The molecule has 1 N–H and O–H groups in total. The van der Waals surface area contributed by atoms with Crippen LogP contribution < -0.4 is 4.74 Å². The molecule has 1 atom stereocenters. The highest BCUT2D eigenvalue weighted by molar-refractivity contribution is 6.30. The van der Waals surface area contributed by atoms with Crippen LogP contribution in [-0.2, 0) is 24.7 Å². The van der Waals surface area contributed by atoms with E-state index in [4.69, 9.17) is 16.3 Å². The van der Waals surface area contributed by atoms with Gasteiger partial charge in [-0.2, -0.15) is 8.78 Å². The minimum Gasteiger partial charge on any atom is -0.489 e. The van der Waals surface area contributed by atoms with Crippen LogP contribution in [0, 0.1) is 17.7 Å². The Morgan fingerprint density at radius 1 is 0.976 bits per heavy atom. The molecular weight excluding hydrogens is 555 g/mol. The predicted octanol–water partition coefficient (Wildman–Crippen LogP) is 5.50. The first-order chi connectivity index (χ1) is 19.7. The average molecular weight is 574 g/mol. The summed E-state index contributed by atoms with van der Waals surface area (Å²) in [5, 5.41) is 22.9. The quantitative estimate of drug-likeness (QED) is 0.280. The molecule has 5 aromatic rings. The van der Waals surface area contributed by atoms with Crippen LogP contribution in [0.5, 0.6) is 5.75 Å². The molecule has 0 saturated carbocycles. The highest BCUT2D eigenvalue weighted by Gasteiger charge is 2.59. The number of halogens is 4. The molecule has 0 amide bonds. The van der Waals surface area contributed by atoms with E-state index in [1.807, 2.05) is 12.1 Å². The van der Waals surface area contributed by atoms with Crippen molar-refractivity contribution >= 4 is 11.6 Å². The molecule has 1 unspecified atom stereocenters. The number of ether oxygens (including phenoxy) is 1. The van der Waals surface area contributed by atoms with E-state index < -0.39 is 29.6 Å². The van der Waals surface area contributed by atoms with Crippen molar-refractivity contribution in [2.24, 2.45) is 0 Å². The van der Waals surface area contributed by atoms with Gasteiger partial charge in [0.15, 0.2) is 11.4 Å². The molecule has 3 heterocycles. The monoisotopic (exact) mass is 573 g/mol. The zero-order valence-corrected chi connectivity index (χ0v) is 21.9. The fraction of sp³-hybridized carbons (Fsp3) is 0.133. The lowest BCUT2D eigenvalue weighted by molar-refractivity contribution is -0.207. The number of aliphatic hydroxyl groups is 1. The summed E-state index contributed by atoms with van der Waals surface area (Å²) in [7, 11) is 0. The van der Waals surface area contributed by atoms with Gasteiger partial charge in [0.1, 0.15) is 23.9 Å². The first-order valence-corrected chi connectivity index (χ1v) is 12.7. The molecule has 1 aliphatic heterocycles. The standard InChI is InChI=1S/C30H19ClF3N5O2/c31-22-8-3-21(4-9-22)17-41-24-11-5-19(6-12-24)1-2-20-7-14-27(35-16-20)30(33,34)29(40)18-39-28(36-37-38-39)25-15-23(32)10-13-26(25)29/h3-16,40H,17-18H2. The number of hydrogen-bond donors (Lipinski definition) is 1. The lowest BCUT2D eigenvalue weighted by Gasteiger charge is -2.39. The smallest absolute Gasteiger partial charge is 0.323 e. The topological polar surface area (TPSA) is 86.0 Å². The molecule has 0 spiro atoms. The number of hydrogen-bond acceptors (Lipinski definition) is 6. The third kappa shape index (κ3) is 5.01. The lowest BCUT2D eigenvalue weighted by Crippen LogP contribution is -2.49. The van der Waals surface area contributed by atoms with E-state index in [1.54, 1.807) is 36.4 Å². The second kappa shape index (κ2) is 10.4. The third-order valence-corrected chi connectivity index (χ3v) is 6.96. The first kappa shape index (κ1) is 26.5. The summed E-state index contributed by atoms with van der Waals surface area (Å²) >= 11 is 5.90. The van der Waals surface area contributed by atoms with Crippen molar-refractivity contribution in [1.82, 2.24) is 25.2 Å². The van der Waals surface area contributed by atoms with Crippen LogP contribution in [0.15, 0.2) is 85.1 Å². The van der Waals surface area contributed by atoms with Gasteiger partial charge in [-0.15, -0.1) is 5.10 Å². The van der Waals surface area contributed by atoms with E-state index in [1.165, 1.54) is 12.3 Å². The second-order valence-corrected chi connectivity index (χ2v) is 9.84. The molecule has 6 rings (SSSR count). The summed E-state index contributed by atoms with van der Waals surface area (Å²) in [4.78, 5) is 3.91. The Morgan fingerprint density at radius 3 is 2.44 bits per heavy atom. The number of rotatable bonds is 5. The Kier molecular flexibility index (Phi) is 6.69. The molecule has 7 nitrogen and oxygen atoms in total. The molecule has 0 saturated heterocycles. The number of pyridine rings is 1. The van der Waals surface area contributed by atoms with E-state index in [0.717, 1.165) is 34.5 Å². The van der Waals surface area contributed by atoms with E-state index in [9.17, 15) is 9.50 Å². The van der Waals surface area contributed by atoms with Crippen LogP contribution in [0.25, 0.3) is 11.4 Å². The first-order valence-electron chi connectivity index (χ1n) is 12.4. The summed E-state index contributed by atoms with van der Waals surface area (Å²) in [6.45, 7) is -0.261. The molecule has 0 radical (unpaired) electrons. The van der Waals surface area contributed by atoms with Gasteiger partial charge in [0.25, 0.3) is 0 Å². The molecule has 0 fully saturated rings. The Morgan fingerprint density at radius 2 is 1.71 bits per heavy atom. The van der Waals surface area contributed by atoms with E-state index >= 15 is 8.78 Å². The van der Waals surface area contributed by atoms with Crippen molar-refractivity contribution in [3.8, 4) is 29.0 Å². The van der Waals surface area contributed by atoms with Crippen molar-refractivity contribution in [2.75, 3.05) is 0 Å². The largest absolute Gasteiger partial charge is 0.489 e. The minimum absolute atomic E-state index is 0.0210. The predicted molar refractivity (Wildman–Crippen MR) is 143 cm³/mol. The third-order valence-electron chi connectivity index (χ3n) is 6.71. The van der Waals surface area contributed by atoms with Crippen molar-refractivity contribution in [3.05, 3.63) is 124 Å². The second-order valence-electron chi connectivity index (χ2n) is 9.41. The summed E-state index contributed by atoms with van der Waals surface area (Å²) in [6.07, 6.45) is 1.21. The van der Waals surface area contributed by atoms with Gasteiger partial charge in [-0.25, -0.2) is 9.07 Å². The molecule has 11 heteroatoms. The number of fused-ring (bicyclic) bond motifs is 3. The number of alkyl halides is 2. The van der Waals surface area contributed by atoms with Crippen molar-refractivity contribution in [2.45, 2.75) is 24.7 Å². The maximum absolute atomic E-state index is 15.9. The van der Waals surface area contributed by atoms with Crippen LogP contribution in [0.3, 0.4) is 0 Å². The zero-order chi connectivity index (χ0) is 28.6. The average Bonchev–Trinajstić information content (AvgIpc) is 3.45. The number of tetrazole rings is 1. The van der Waals surface area contributed by atoms with Crippen molar-refractivity contribution in [1.29, 1.82) is 0 Å². The Balaban J connectivity index is 1.18. The zero-order valence-electron chi connectivity index (χ0n) is 21.1. The number of benzene rings is 3. The minimum atomic E-state index is -3.88. The molecule has 2 aromatic heterocycles. The van der Waals surface area contributed by atoms with E-state index in [-0.39, 0.29) is 17.0 Å². The molecule has 204 valence electrons. The van der Waals surface area contributed by atoms with Crippen LogP contribution in [0.2, 0.25) is 5.02 Å². The maximum Gasteiger partial charge on any atom is 0.323 e. The normalized spacial score (nSPS) is 15.8. The van der Waals surface area contributed by atoms with Gasteiger partial charge in [0.2, 0.25) is 0 Å². The van der Waals surface area contributed by atoms with Crippen LogP contribution in [-0.4, -0.2) is 30.3 Å². The van der Waals surface area contributed by atoms with Crippen molar-refractivity contribution in [3.63, 3.8) is 0 Å². The summed E-state index contributed by atoms with van der Waals surface area (Å²) in [6, 6.07) is 20.1. The maximum atomic E-state index is 15.9. The summed E-state index contributed by atoms with van der Waals surface area (Å²) in [5.74, 6) is 2.06. The lowest BCUT2D eigenvalue weighted by atomic mass is 9.80. The molecule has 0 bridgehead atoms. The van der Waals surface area contributed by atoms with Crippen molar-refractivity contribution < 1.29 is 23.0 Å². The number of nitrogens with zero attached hydrogens (tertiary/aromatic N) is 5. The number of aromatic nitrogens is 5. The Bertz CT molecular complexity index is 1780. The van der Waals surface area contributed by atoms with Gasteiger partial charge in [-0.1, -0.05) is 41.6 Å². The highest BCUT2D eigenvalue weighted by Crippen LogP contribution is 2.50. The molecular formula is C30H19ClF3N5O2. The Hall–Kier alpha value is -4.72. The highest BCUT2D eigenvalue weighted by atomic mass is 35.5. The molecule has 0 aliphatic carbocycles. The van der Waals surface area contributed by atoms with Gasteiger partial charge in [0, 0.05) is 33.5 Å². The van der Waals surface area contributed by atoms with Gasteiger partial charge >= 0.3 is 5.92 Å². The van der Waals surface area contributed by atoms with Crippen LogP contribution >= 0.6 is 11.6 Å². The molecule has 1 aliphatic rings. The SMILES string of the molecule is OC1(C(F)(F)c2ccc(C#Cc3ccc(OCc4ccc(Cl)cc4)cc3)cn2)Cn2nnnc2-c2cc(F)ccc21. The van der Waals surface area contributed by atoms with Crippen LogP contribution in [0.1, 0.15) is 27.9 Å². The Labute approximate surface area is 237 Å². The summed E-state index contributed by atoms with van der Waals surface area (Å²) in [5.41, 5.74) is -1.61.